The number of fused-ring (bicyclic) bond motifs is 1. The molecule has 3 heterocycles. The van der Waals surface area contributed by atoms with E-state index in [9.17, 15) is 9.59 Å². The average molecular weight is 451 g/mol. The number of anilines is 2. The molecule has 2 aliphatic rings. The van der Waals surface area contributed by atoms with Gasteiger partial charge in [0.1, 0.15) is 23.4 Å². The molecule has 1 fully saturated rings. The van der Waals surface area contributed by atoms with Gasteiger partial charge in [-0.25, -0.2) is 4.98 Å². The van der Waals surface area contributed by atoms with Crippen LogP contribution in [0.3, 0.4) is 0 Å². The molecule has 1 saturated heterocycles. The Morgan fingerprint density at radius 1 is 1.36 bits per heavy atom. The quantitative estimate of drug-likeness (QED) is 0.628. The van der Waals surface area contributed by atoms with Crippen molar-refractivity contribution in [3.8, 4) is 11.5 Å². The van der Waals surface area contributed by atoms with Gasteiger partial charge in [0, 0.05) is 36.7 Å². The molecular formula is C25H30N4O4. The number of hydrogen-bond donors (Lipinski definition) is 2. The number of nitrogens with one attached hydrogen (secondary N) is 1. The van der Waals surface area contributed by atoms with Gasteiger partial charge in [0.25, 0.3) is 0 Å². The van der Waals surface area contributed by atoms with Gasteiger partial charge in [0.2, 0.25) is 11.8 Å². The first-order valence-electron chi connectivity index (χ1n) is 11.4. The number of rotatable bonds is 7. The van der Waals surface area contributed by atoms with E-state index in [4.69, 9.17) is 15.2 Å². The molecule has 2 aliphatic heterocycles. The molecule has 0 radical (unpaired) electrons. The van der Waals surface area contributed by atoms with Crippen molar-refractivity contribution >= 4 is 29.4 Å². The first-order valence-corrected chi connectivity index (χ1v) is 11.4. The van der Waals surface area contributed by atoms with E-state index in [0.29, 0.717) is 18.8 Å². The largest absolute Gasteiger partial charge is 0.493 e. The number of pyridine rings is 1. The minimum atomic E-state index is -0.271. The van der Waals surface area contributed by atoms with Gasteiger partial charge in [0.15, 0.2) is 0 Å². The molecule has 2 aromatic rings. The molecule has 0 saturated carbocycles. The van der Waals surface area contributed by atoms with Gasteiger partial charge in [-0.1, -0.05) is 0 Å². The maximum Gasteiger partial charge on any atom is 0.248 e. The standard InChI is InChI=1S/C25H30N4O4/c1-3-32-21-13-19-11-16(2)33-22(19)12-17(21)6-9-24(30)28-20-7-8-23(27-14-20)29-10-4-5-18(15-29)25(26)31/h6-9,12-14,16,18H,3-5,10-11,15H2,1-2H3,(H2,26,31)(H,28,30)/b9-6+. The Labute approximate surface area is 193 Å². The van der Waals surface area contributed by atoms with Crippen LogP contribution in [0.4, 0.5) is 11.5 Å². The van der Waals surface area contributed by atoms with Gasteiger partial charge < -0.3 is 25.4 Å². The number of carbonyl (C=O) groups is 2. The zero-order chi connectivity index (χ0) is 23.4. The molecule has 2 amide bonds. The number of nitrogens with two attached hydrogens (primary N) is 1. The lowest BCUT2D eigenvalue weighted by Gasteiger charge is -2.32. The van der Waals surface area contributed by atoms with E-state index in [-0.39, 0.29) is 23.8 Å². The number of hydrogen-bond acceptors (Lipinski definition) is 6. The first kappa shape index (κ1) is 22.6. The molecule has 0 spiro atoms. The van der Waals surface area contributed by atoms with E-state index in [0.717, 1.165) is 54.3 Å². The third-order valence-electron chi connectivity index (χ3n) is 5.91. The summed E-state index contributed by atoms with van der Waals surface area (Å²) in [6.07, 6.45) is 7.51. The monoisotopic (exact) mass is 450 g/mol. The van der Waals surface area contributed by atoms with Crippen LogP contribution in [0.25, 0.3) is 6.08 Å². The normalized spacial score (nSPS) is 19.8. The Hall–Kier alpha value is -3.55. The number of piperidine rings is 1. The summed E-state index contributed by atoms with van der Waals surface area (Å²) in [7, 11) is 0. The van der Waals surface area contributed by atoms with Crippen LogP contribution in [0, 0.1) is 5.92 Å². The topological polar surface area (TPSA) is 107 Å². The highest BCUT2D eigenvalue weighted by molar-refractivity contribution is 6.02. The molecule has 0 aliphatic carbocycles. The highest BCUT2D eigenvalue weighted by Crippen LogP contribution is 2.35. The lowest BCUT2D eigenvalue weighted by Crippen LogP contribution is -2.41. The number of amides is 2. The van der Waals surface area contributed by atoms with Gasteiger partial charge in [0.05, 0.1) is 24.4 Å². The molecule has 4 rings (SSSR count). The summed E-state index contributed by atoms with van der Waals surface area (Å²) < 4.78 is 11.6. The minimum absolute atomic E-state index is 0.138. The number of primary amides is 1. The molecule has 1 aromatic carbocycles. The fourth-order valence-electron chi connectivity index (χ4n) is 4.28. The van der Waals surface area contributed by atoms with E-state index in [2.05, 4.69) is 15.2 Å². The molecule has 174 valence electrons. The zero-order valence-corrected chi connectivity index (χ0v) is 19.0. The van der Waals surface area contributed by atoms with Crippen molar-refractivity contribution in [1.29, 1.82) is 0 Å². The summed E-state index contributed by atoms with van der Waals surface area (Å²) in [4.78, 5) is 30.5. The maximum atomic E-state index is 12.5. The van der Waals surface area contributed by atoms with Crippen LogP contribution in [0.1, 0.15) is 37.8 Å². The van der Waals surface area contributed by atoms with Crippen molar-refractivity contribution in [2.45, 2.75) is 39.2 Å². The zero-order valence-electron chi connectivity index (χ0n) is 19.0. The second kappa shape index (κ2) is 9.94. The van der Waals surface area contributed by atoms with E-state index < -0.39 is 0 Å². The number of nitrogens with zero attached hydrogens (tertiary/aromatic N) is 2. The van der Waals surface area contributed by atoms with Crippen molar-refractivity contribution in [3.05, 3.63) is 47.7 Å². The van der Waals surface area contributed by atoms with E-state index in [1.165, 1.54) is 6.08 Å². The Bertz CT molecular complexity index is 1050. The predicted molar refractivity (Wildman–Crippen MR) is 127 cm³/mol. The predicted octanol–water partition coefficient (Wildman–Crippen LogP) is 3.16. The third kappa shape index (κ3) is 5.45. The van der Waals surface area contributed by atoms with Crippen LogP contribution in [0.2, 0.25) is 0 Å². The first-order chi connectivity index (χ1) is 15.9. The molecule has 8 heteroatoms. The molecule has 0 bridgehead atoms. The van der Waals surface area contributed by atoms with E-state index >= 15 is 0 Å². The molecule has 2 unspecified atom stereocenters. The van der Waals surface area contributed by atoms with Crippen molar-refractivity contribution < 1.29 is 19.1 Å². The van der Waals surface area contributed by atoms with Crippen molar-refractivity contribution in [2.24, 2.45) is 11.7 Å². The Balaban J connectivity index is 1.40. The van der Waals surface area contributed by atoms with Crippen LogP contribution in [0.5, 0.6) is 11.5 Å². The number of aromatic nitrogens is 1. The molecule has 3 N–H and O–H groups in total. The van der Waals surface area contributed by atoms with Crippen LogP contribution in [-0.2, 0) is 16.0 Å². The van der Waals surface area contributed by atoms with Crippen LogP contribution < -0.4 is 25.4 Å². The van der Waals surface area contributed by atoms with E-state index in [1.54, 1.807) is 18.3 Å². The smallest absolute Gasteiger partial charge is 0.248 e. The minimum Gasteiger partial charge on any atom is -0.493 e. The SMILES string of the molecule is CCOc1cc2c(cc1/C=C/C(=O)Nc1ccc(N3CCCC(C(N)=O)C3)nc1)OC(C)C2. The summed E-state index contributed by atoms with van der Waals surface area (Å²) in [6, 6.07) is 7.56. The Kier molecular flexibility index (Phi) is 6.82. The summed E-state index contributed by atoms with van der Waals surface area (Å²) in [5.41, 5.74) is 7.97. The van der Waals surface area contributed by atoms with Crippen LogP contribution in [-0.4, -0.2) is 42.6 Å². The molecule has 8 nitrogen and oxygen atoms in total. The van der Waals surface area contributed by atoms with Gasteiger partial charge in [-0.3, -0.25) is 9.59 Å². The van der Waals surface area contributed by atoms with Gasteiger partial charge in [-0.05, 0) is 57.0 Å². The Morgan fingerprint density at radius 3 is 2.94 bits per heavy atom. The molecule has 33 heavy (non-hydrogen) atoms. The Morgan fingerprint density at radius 2 is 2.21 bits per heavy atom. The summed E-state index contributed by atoms with van der Waals surface area (Å²) in [6.45, 7) is 5.90. The van der Waals surface area contributed by atoms with Crippen LogP contribution in [0.15, 0.2) is 36.5 Å². The highest BCUT2D eigenvalue weighted by atomic mass is 16.5. The second-order valence-corrected chi connectivity index (χ2v) is 8.48. The van der Waals surface area contributed by atoms with Crippen molar-refractivity contribution in [3.63, 3.8) is 0 Å². The summed E-state index contributed by atoms with van der Waals surface area (Å²) >= 11 is 0. The van der Waals surface area contributed by atoms with E-state index in [1.807, 2.05) is 32.0 Å². The van der Waals surface area contributed by atoms with Crippen molar-refractivity contribution in [1.82, 2.24) is 4.98 Å². The fourth-order valence-corrected chi connectivity index (χ4v) is 4.28. The van der Waals surface area contributed by atoms with Gasteiger partial charge >= 0.3 is 0 Å². The average Bonchev–Trinajstić information content (AvgIpc) is 3.17. The summed E-state index contributed by atoms with van der Waals surface area (Å²) in [5, 5.41) is 2.83. The lowest BCUT2D eigenvalue weighted by molar-refractivity contribution is -0.122. The molecule has 2 atom stereocenters. The lowest BCUT2D eigenvalue weighted by atomic mass is 9.97. The molecule has 1 aromatic heterocycles. The van der Waals surface area contributed by atoms with Gasteiger partial charge in [-0.2, -0.15) is 0 Å². The number of carbonyl (C=O) groups excluding carboxylic acids is 2. The summed E-state index contributed by atoms with van der Waals surface area (Å²) in [5.74, 6) is 1.64. The highest BCUT2D eigenvalue weighted by Gasteiger charge is 2.25. The second-order valence-electron chi connectivity index (χ2n) is 8.48. The van der Waals surface area contributed by atoms with Crippen molar-refractivity contribution in [2.75, 3.05) is 29.9 Å². The number of ether oxygens (including phenoxy) is 2. The third-order valence-corrected chi connectivity index (χ3v) is 5.91. The van der Waals surface area contributed by atoms with Crippen LogP contribution >= 0.6 is 0 Å². The fraction of sp³-hybridized carbons (Fsp3) is 0.400. The maximum absolute atomic E-state index is 12.5. The molecular weight excluding hydrogens is 420 g/mol. The van der Waals surface area contributed by atoms with Gasteiger partial charge in [-0.15, -0.1) is 0 Å². The number of benzene rings is 1.